The Kier molecular flexibility index (Phi) is 5.03. The maximum atomic E-state index is 12.3. The number of aryl methyl sites for hydroxylation is 1. The van der Waals surface area contributed by atoms with Gasteiger partial charge in [0.25, 0.3) is 5.91 Å². The van der Waals surface area contributed by atoms with Crippen molar-refractivity contribution in [2.75, 3.05) is 18.7 Å². The van der Waals surface area contributed by atoms with Crippen molar-refractivity contribution in [3.05, 3.63) is 46.3 Å². The summed E-state index contributed by atoms with van der Waals surface area (Å²) in [6.07, 6.45) is 1.90. The number of benzene rings is 1. The minimum absolute atomic E-state index is 0.191. The number of rotatable bonds is 4. The van der Waals surface area contributed by atoms with Crippen LogP contribution in [0.4, 0.5) is 5.69 Å². The molecule has 0 aliphatic rings. The Bertz CT molecular complexity index is 679. The van der Waals surface area contributed by atoms with E-state index in [2.05, 4.69) is 5.32 Å². The van der Waals surface area contributed by atoms with Crippen LogP contribution in [0.5, 0.6) is 0 Å². The van der Waals surface area contributed by atoms with E-state index in [0.29, 0.717) is 16.1 Å². The highest BCUT2D eigenvalue weighted by molar-refractivity contribution is 8.00. The number of methoxy groups -OCH3 is 1. The number of carbonyl (C=O) groups excluding carboxylic acids is 2. The molecule has 1 aromatic heterocycles. The molecule has 21 heavy (non-hydrogen) atoms. The molecular weight excluding hydrogens is 306 g/mol. The van der Waals surface area contributed by atoms with Crippen LogP contribution in [0, 0.1) is 6.92 Å². The number of anilines is 1. The van der Waals surface area contributed by atoms with E-state index in [4.69, 9.17) is 4.74 Å². The third-order valence-corrected chi connectivity index (χ3v) is 5.05. The van der Waals surface area contributed by atoms with Gasteiger partial charge in [0.15, 0.2) is 0 Å². The summed E-state index contributed by atoms with van der Waals surface area (Å²) in [5.41, 5.74) is 2.25. The average molecular weight is 321 g/mol. The van der Waals surface area contributed by atoms with Gasteiger partial charge in [-0.1, -0.05) is 17.7 Å². The van der Waals surface area contributed by atoms with Gasteiger partial charge in [0.2, 0.25) is 0 Å². The van der Waals surface area contributed by atoms with Crippen molar-refractivity contribution in [1.82, 2.24) is 0 Å². The second-order valence-corrected chi connectivity index (χ2v) is 6.46. The van der Waals surface area contributed by atoms with Gasteiger partial charge in [0.1, 0.15) is 4.88 Å². The van der Waals surface area contributed by atoms with Gasteiger partial charge in [-0.05, 0) is 31.4 Å². The van der Waals surface area contributed by atoms with Crippen molar-refractivity contribution < 1.29 is 14.3 Å². The lowest BCUT2D eigenvalue weighted by Crippen LogP contribution is -2.11. The number of esters is 1. The van der Waals surface area contributed by atoms with Crippen molar-refractivity contribution in [3.8, 4) is 0 Å². The molecule has 110 valence electrons. The third-order valence-electron chi connectivity index (χ3n) is 2.80. The van der Waals surface area contributed by atoms with Gasteiger partial charge >= 0.3 is 5.97 Å². The molecule has 2 rings (SSSR count). The topological polar surface area (TPSA) is 55.4 Å². The Morgan fingerprint density at radius 2 is 2.05 bits per heavy atom. The van der Waals surface area contributed by atoms with E-state index in [1.54, 1.807) is 12.1 Å². The lowest BCUT2D eigenvalue weighted by molar-refractivity contribution is 0.0606. The van der Waals surface area contributed by atoms with Gasteiger partial charge in [-0.2, -0.15) is 0 Å². The average Bonchev–Trinajstić information content (AvgIpc) is 2.89. The Morgan fingerprint density at radius 3 is 2.67 bits per heavy atom. The van der Waals surface area contributed by atoms with E-state index in [1.165, 1.54) is 30.2 Å². The molecular formula is C15H15NO3S2. The van der Waals surface area contributed by atoms with Crippen molar-refractivity contribution in [2.24, 2.45) is 0 Å². The minimum Gasteiger partial charge on any atom is -0.465 e. The fourth-order valence-electron chi connectivity index (χ4n) is 1.80. The summed E-state index contributed by atoms with van der Waals surface area (Å²) in [6.45, 7) is 1.93. The molecule has 0 radical (unpaired) electrons. The van der Waals surface area contributed by atoms with E-state index >= 15 is 0 Å². The Balaban J connectivity index is 2.24. The molecule has 6 heteroatoms. The van der Waals surface area contributed by atoms with Crippen LogP contribution < -0.4 is 5.32 Å². The minimum atomic E-state index is -0.397. The molecule has 1 N–H and O–H groups in total. The first-order valence-corrected chi connectivity index (χ1v) is 8.23. The molecule has 0 bridgehead atoms. The monoisotopic (exact) mass is 321 g/mol. The number of thioether (sulfide) groups is 1. The number of carbonyl (C=O) groups is 2. The molecule has 0 fully saturated rings. The number of nitrogens with one attached hydrogen (secondary N) is 1. The molecule has 0 unspecified atom stereocenters. The third kappa shape index (κ3) is 3.65. The van der Waals surface area contributed by atoms with Crippen LogP contribution in [0.25, 0.3) is 0 Å². The van der Waals surface area contributed by atoms with E-state index in [-0.39, 0.29) is 5.91 Å². The van der Waals surface area contributed by atoms with Crippen LogP contribution in [0.1, 0.15) is 25.6 Å². The van der Waals surface area contributed by atoms with Gasteiger partial charge in [0.05, 0.1) is 17.0 Å². The largest absolute Gasteiger partial charge is 0.465 e. The molecule has 1 amide bonds. The van der Waals surface area contributed by atoms with Crippen molar-refractivity contribution >= 4 is 40.7 Å². The lowest BCUT2D eigenvalue weighted by Gasteiger charge is -2.05. The summed E-state index contributed by atoms with van der Waals surface area (Å²) in [7, 11) is 1.34. The Morgan fingerprint density at radius 1 is 1.29 bits per heavy atom. The van der Waals surface area contributed by atoms with Crippen LogP contribution in [0.3, 0.4) is 0 Å². The predicted molar refractivity (Wildman–Crippen MR) is 86.6 cm³/mol. The molecule has 1 aromatic carbocycles. The predicted octanol–water partition coefficient (Wildman–Crippen LogP) is 3.82. The van der Waals surface area contributed by atoms with Crippen LogP contribution in [-0.4, -0.2) is 25.2 Å². The first kappa shape index (κ1) is 15.6. The van der Waals surface area contributed by atoms with Crippen LogP contribution in [-0.2, 0) is 4.74 Å². The summed E-state index contributed by atoms with van der Waals surface area (Å²) in [5, 5.41) is 2.85. The van der Waals surface area contributed by atoms with Crippen LogP contribution in [0.2, 0.25) is 0 Å². The number of amides is 1. The number of hydrogen-bond donors (Lipinski definition) is 1. The van der Waals surface area contributed by atoms with Gasteiger partial charge in [0, 0.05) is 5.56 Å². The zero-order valence-electron chi connectivity index (χ0n) is 11.9. The second kappa shape index (κ2) is 6.78. The summed E-state index contributed by atoms with van der Waals surface area (Å²) < 4.78 is 5.58. The fourth-order valence-corrected chi connectivity index (χ4v) is 3.49. The molecule has 0 atom stereocenters. The molecule has 0 saturated heterocycles. The second-order valence-electron chi connectivity index (χ2n) is 4.33. The molecule has 0 aliphatic heterocycles. The summed E-state index contributed by atoms with van der Waals surface area (Å²) >= 11 is 2.79. The zero-order chi connectivity index (χ0) is 15.4. The van der Waals surface area contributed by atoms with E-state index in [0.717, 1.165) is 9.77 Å². The SMILES string of the molecule is COC(=O)c1cc(NC(=O)c2cccc(C)c2)c(SC)s1. The molecule has 4 nitrogen and oxygen atoms in total. The van der Waals surface area contributed by atoms with Gasteiger partial charge in [-0.15, -0.1) is 23.1 Å². The van der Waals surface area contributed by atoms with Gasteiger partial charge in [-0.3, -0.25) is 4.79 Å². The first-order chi connectivity index (χ1) is 10.0. The molecule has 0 spiro atoms. The summed E-state index contributed by atoms with van der Waals surface area (Å²) in [4.78, 5) is 24.3. The van der Waals surface area contributed by atoms with E-state index in [1.807, 2.05) is 31.4 Å². The van der Waals surface area contributed by atoms with Gasteiger partial charge < -0.3 is 10.1 Å². The highest BCUT2D eigenvalue weighted by Gasteiger charge is 2.17. The zero-order valence-corrected chi connectivity index (χ0v) is 13.6. The Hall–Kier alpha value is -1.79. The van der Waals surface area contributed by atoms with Crippen molar-refractivity contribution in [3.63, 3.8) is 0 Å². The number of thiophene rings is 1. The summed E-state index contributed by atoms with van der Waals surface area (Å²) in [5.74, 6) is -0.588. The van der Waals surface area contributed by atoms with Crippen LogP contribution >= 0.6 is 23.1 Å². The maximum Gasteiger partial charge on any atom is 0.348 e. The standard InChI is InChI=1S/C15H15NO3S2/c1-9-5-4-6-10(7-9)13(17)16-11-8-12(14(18)19-2)21-15(11)20-3/h4-8H,1-3H3,(H,16,17). The van der Waals surface area contributed by atoms with Crippen LogP contribution in [0.15, 0.2) is 34.5 Å². The van der Waals surface area contributed by atoms with Crippen molar-refractivity contribution in [1.29, 1.82) is 0 Å². The smallest absolute Gasteiger partial charge is 0.348 e. The summed E-state index contributed by atoms with van der Waals surface area (Å²) in [6, 6.07) is 9.00. The number of hydrogen-bond acceptors (Lipinski definition) is 5. The Labute approximate surface area is 131 Å². The van der Waals surface area contributed by atoms with E-state index < -0.39 is 5.97 Å². The maximum absolute atomic E-state index is 12.3. The quantitative estimate of drug-likeness (QED) is 0.687. The molecule has 0 saturated carbocycles. The lowest BCUT2D eigenvalue weighted by atomic mass is 10.1. The highest BCUT2D eigenvalue weighted by atomic mass is 32.2. The molecule has 0 aliphatic carbocycles. The fraction of sp³-hybridized carbons (Fsp3) is 0.200. The normalized spacial score (nSPS) is 10.2. The molecule has 1 heterocycles. The number of ether oxygens (including phenoxy) is 1. The van der Waals surface area contributed by atoms with Gasteiger partial charge in [-0.25, -0.2) is 4.79 Å². The highest BCUT2D eigenvalue weighted by Crippen LogP contribution is 2.35. The molecule has 2 aromatic rings. The first-order valence-electron chi connectivity index (χ1n) is 6.19. The van der Waals surface area contributed by atoms with E-state index in [9.17, 15) is 9.59 Å². The van der Waals surface area contributed by atoms with Crippen molar-refractivity contribution in [2.45, 2.75) is 11.1 Å².